The fourth-order valence-electron chi connectivity index (χ4n) is 1.24. The van der Waals surface area contributed by atoms with Crippen LogP contribution >= 0.6 is 11.6 Å². The lowest BCUT2D eigenvalue weighted by Crippen LogP contribution is -2.38. The smallest absolute Gasteiger partial charge is 0.387 e. The van der Waals surface area contributed by atoms with Gasteiger partial charge in [0.2, 0.25) is 0 Å². The van der Waals surface area contributed by atoms with Crippen molar-refractivity contribution in [1.82, 2.24) is 5.32 Å². The van der Waals surface area contributed by atoms with Gasteiger partial charge in [0.1, 0.15) is 5.75 Å². The number of hydrogen-bond donors (Lipinski definition) is 2. The van der Waals surface area contributed by atoms with E-state index in [1.165, 1.54) is 18.2 Å². The van der Waals surface area contributed by atoms with Gasteiger partial charge >= 0.3 is 6.61 Å². The van der Waals surface area contributed by atoms with Crippen LogP contribution < -0.4 is 15.8 Å². The molecule has 0 aliphatic heterocycles. The van der Waals surface area contributed by atoms with Gasteiger partial charge in [-0.3, -0.25) is 4.79 Å². The molecule has 0 aromatic heterocycles. The Bertz CT molecular complexity index is 430. The minimum absolute atomic E-state index is 0.0527. The van der Waals surface area contributed by atoms with Crippen LogP contribution in [-0.4, -0.2) is 25.1 Å². The number of nitrogens with two attached hydrogens (primary N) is 1. The first-order valence-electron chi connectivity index (χ1n) is 5.19. The van der Waals surface area contributed by atoms with E-state index >= 15 is 0 Å². The number of carbonyl (C=O) groups excluding carboxylic acids is 1. The summed E-state index contributed by atoms with van der Waals surface area (Å²) < 4.78 is 28.6. The average Bonchev–Trinajstić information content (AvgIpc) is 2.30. The minimum atomic E-state index is -3.01. The maximum atomic E-state index is 12.2. The molecule has 0 aliphatic rings. The molecule has 3 N–H and O–H groups in total. The molecule has 0 saturated heterocycles. The fourth-order valence-corrected chi connectivity index (χ4v) is 1.41. The Hall–Kier alpha value is -1.40. The molecule has 1 aromatic carbocycles. The van der Waals surface area contributed by atoms with E-state index in [1.807, 2.05) is 0 Å². The number of alkyl halides is 2. The lowest BCUT2D eigenvalue weighted by atomic mass is 10.1. The third-order valence-electron chi connectivity index (χ3n) is 2.13. The van der Waals surface area contributed by atoms with Crippen LogP contribution in [0.2, 0.25) is 5.02 Å². The highest BCUT2D eigenvalue weighted by Gasteiger charge is 2.17. The number of carbonyl (C=O) groups is 1. The summed E-state index contributed by atoms with van der Waals surface area (Å²) in [6.45, 7) is -1.09. The molecule has 1 rings (SSSR count). The standard InChI is InChI=1S/C11H13ClF2N2O2/c1-6(5-15)16-10(17)8-4-7(12)2-3-9(8)18-11(13)14/h2-4,6,11H,5,15H2,1H3,(H,16,17)/t6-/m0/s1. The highest BCUT2D eigenvalue weighted by molar-refractivity contribution is 6.31. The second-order valence-corrected chi connectivity index (χ2v) is 4.07. The predicted octanol–water partition coefficient (Wildman–Crippen LogP) is 2.02. The van der Waals surface area contributed by atoms with E-state index in [4.69, 9.17) is 17.3 Å². The first-order chi connectivity index (χ1) is 8.43. The molecule has 0 saturated carbocycles. The van der Waals surface area contributed by atoms with Gasteiger partial charge in [0.25, 0.3) is 5.91 Å². The Morgan fingerprint density at radius 1 is 1.56 bits per heavy atom. The molecule has 0 bridgehead atoms. The van der Waals surface area contributed by atoms with Gasteiger partial charge in [-0.25, -0.2) is 0 Å². The maximum absolute atomic E-state index is 12.2. The van der Waals surface area contributed by atoms with E-state index in [0.717, 1.165) is 0 Å². The van der Waals surface area contributed by atoms with Crippen LogP contribution in [0.3, 0.4) is 0 Å². The highest BCUT2D eigenvalue weighted by Crippen LogP contribution is 2.24. The van der Waals surface area contributed by atoms with Crippen LogP contribution in [0, 0.1) is 0 Å². The Balaban J connectivity index is 2.97. The van der Waals surface area contributed by atoms with Crippen molar-refractivity contribution in [2.24, 2.45) is 5.73 Å². The summed E-state index contributed by atoms with van der Waals surface area (Å²) in [4.78, 5) is 11.8. The van der Waals surface area contributed by atoms with Crippen molar-refractivity contribution < 1.29 is 18.3 Å². The fraction of sp³-hybridized carbons (Fsp3) is 0.364. The zero-order valence-corrected chi connectivity index (χ0v) is 10.4. The van der Waals surface area contributed by atoms with Crippen LogP contribution in [0.4, 0.5) is 8.78 Å². The van der Waals surface area contributed by atoms with Crippen molar-refractivity contribution in [3.05, 3.63) is 28.8 Å². The third-order valence-corrected chi connectivity index (χ3v) is 2.37. The van der Waals surface area contributed by atoms with E-state index < -0.39 is 12.5 Å². The average molecular weight is 279 g/mol. The predicted molar refractivity (Wildman–Crippen MR) is 64.1 cm³/mol. The first kappa shape index (κ1) is 14.7. The van der Waals surface area contributed by atoms with Crippen molar-refractivity contribution in [2.45, 2.75) is 19.6 Å². The van der Waals surface area contributed by atoms with Crippen LogP contribution in [-0.2, 0) is 0 Å². The monoisotopic (exact) mass is 278 g/mol. The molecule has 18 heavy (non-hydrogen) atoms. The summed E-state index contributed by atoms with van der Waals surface area (Å²) in [5.41, 5.74) is 5.30. The lowest BCUT2D eigenvalue weighted by Gasteiger charge is -2.14. The third kappa shape index (κ3) is 4.12. The number of hydrogen-bond acceptors (Lipinski definition) is 3. The minimum Gasteiger partial charge on any atom is -0.434 e. The molecule has 7 heteroatoms. The molecule has 0 aliphatic carbocycles. The number of benzene rings is 1. The summed E-state index contributed by atoms with van der Waals surface area (Å²) in [6, 6.07) is 3.56. The molecule has 1 atom stereocenters. The normalized spacial score (nSPS) is 12.3. The highest BCUT2D eigenvalue weighted by atomic mass is 35.5. The molecular weight excluding hydrogens is 266 g/mol. The second kappa shape index (κ2) is 6.51. The maximum Gasteiger partial charge on any atom is 0.387 e. The zero-order valence-electron chi connectivity index (χ0n) is 9.62. The van der Waals surface area contributed by atoms with Crippen LogP contribution in [0.15, 0.2) is 18.2 Å². The van der Waals surface area contributed by atoms with Crippen molar-refractivity contribution in [3.63, 3.8) is 0 Å². The number of amides is 1. The van der Waals surface area contributed by atoms with Gasteiger partial charge in [-0.1, -0.05) is 11.6 Å². The molecule has 0 heterocycles. The van der Waals surface area contributed by atoms with Gasteiger partial charge in [0.05, 0.1) is 5.56 Å². The SMILES string of the molecule is C[C@@H](CN)NC(=O)c1cc(Cl)ccc1OC(F)F. The van der Waals surface area contributed by atoms with Gasteiger partial charge in [-0.05, 0) is 25.1 Å². The Labute approximate surface area is 108 Å². The van der Waals surface area contributed by atoms with E-state index in [1.54, 1.807) is 6.92 Å². The van der Waals surface area contributed by atoms with Crippen LogP contribution in [0.5, 0.6) is 5.75 Å². The molecule has 0 fully saturated rings. The van der Waals surface area contributed by atoms with Gasteiger partial charge in [-0.2, -0.15) is 8.78 Å². The summed E-state index contributed by atoms with van der Waals surface area (Å²) >= 11 is 5.72. The zero-order chi connectivity index (χ0) is 13.7. The van der Waals surface area contributed by atoms with E-state index in [0.29, 0.717) is 0 Å². The first-order valence-corrected chi connectivity index (χ1v) is 5.57. The summed E-state index contributed by atoms with van der Waals surface area (Å²) in [7, 11) is 0. The van der Waals surface area contributed by atoms with E-state index in [9.17, 15) is 13.6 Å². The van der Waals surface area contributed by atoms with Crippen LogP contribution in [0.1, 0.15) is 17.3 Å². The lowest BCUT2D eigenvalue weighted by molar-refractivity contribution is -0.0501. The van der Waals surface area contributed by atoms with Crippen molar-refractivity contribution >= 4 is 17.5 Å². The number of nitrogens with one attached hydrogen (secondary N) is 1. The molecule has 1 aromatic rings. The van der Waals surface area contributed by atoms with Crippen molar-refractivity contribution in [3.8, 4) is 5.75 Å². The topological polar surface area (TPSA) is 64.3 Å². The van der Waals surface area contributed by atoms with E-state index in [2.05, 4.69) is 10.1 Å². The second-order valence-electron chi connectivity index (χ2n) is 3.63. The number of ether oxygens (including phenoxy) is 1. The summed E-state index contributed by atoms with van der Waals surface area (Å²) in [5, 5.41) is 2.79. The Kier molecular flexibility index (Phi) is 5.30. The molecule has 0 spiro atoms. The summed E-state index contributed by atoms with van der Waals surface area (Å²) in [5.74, 6) is -0.790. The van der Waals surface area contributed by atoms with Gasteiger partial charge in [-0.15, -0.1) is 0 Å². The Morgan fingerprint density at radius 2 is 2.22 bits per heavy atom. The van der Waals surface area contributed by atoms with Gasteiger partial charge < -0.3 is 15.8 Å². The van der Waals surface area contributed by atoms with Gasteiger partial charge in [0, 0.05) is 17.6 Å². The van der Waals surface area contributed by atoms with Crippen molar-refractivity contribution in [2.75, 3.05) is 6.54 Å². The van der Waals surface area contributed by atoms with Crippen molar-refractivity contribution in [1.29, 1.82) is 0 Å². The molecular formula is C11H13ClF2N2O2. The number of halogens is 3. The molecule has 0 radical (unpaired) electrons. The quantitative estimate of drug-likeness (QED) is 0.866. The molecule has 1 amide bonds. The number of rotatable bonds is 5. The van der Waals surface area contributed by atoms with Gasteiger partial charge in [0.15, 0.2) is 0 Å². The largest absolute Gasteiger partial charge is 0.434 e. The summed E-state index contributed by atoms with van der Waals surface area (Å²) in [6.07, 6.45) is 0. The molecule has 0 unspecified atom stereocenters. The van der Waals surface area contributed by atoms with E-state index in [-0.39, 0.29) is 28.9 Å². The molecule has 4 nitrogen and oxygen atoms in total. The Morgan fingerprint density at radius 3 is 2.78 bits per heavy atom. The molecule has 100 valence electrons. The van der Waals surface area contributed by atoms with Crippen LogP contribution in [0.25, 0.3) is 0 Å².